The van der Waals surface area contributed by atoms with Crippen LogP contribution in [0.1, 0.15) is 18.4 Å². The Hall–Kier alpha value is -1.03. The Morgan fingerprint density at radius 1 is 1.42 bits per heavy atom. The van der Waals surface area contributed by atoms with E-state index in [4.69, 9.17) is 23.2 Å². The van der Waals surface area contributed by atoms with Crippen LogP contribution in [0, 0.1) is 6.07 Å². The Morgan fingerprint density at radius 2 is 2.05 bits per heavy atom. The van der Waals surface area contributed by atoms with Crippen molar-refractivity contribution in [2.24, 2.45) is 0 Å². The van der Waals surface area contributed by atoms with Gasteiger partial charge in [-0.3, -0.25) is 4.79 Å². The molecule has 19 heavy (non-hydrogen) atoms. The summed E-state index contributed by atoms with van der Waals surface area (Å²) in [5.74, 6) is -0.170. The fourth-order valence-electron chi connectivity index (χ4n) is 2.06. The number of rotatable bonds is 2. The normalized spacial score (nSPS) is 16.5. The highest BCUT2D eigenvalue weighted by Crippen LogP contribution is 2.30. The van der Waals surface area contributed by atoms with Crippen molar-refractivity contribution < 1.29 is 9.90 Å². The van der Waals surface area contributed by atoms with E-state index < -0.39 is 0 Å². The number of benzene rings is 1. The molecule has 1 aromatic carbocycles. The molecule has 5 heteroatoms. The van der Waals surface area contributed by atoms with Crippen LogP contribution in [-0.2, 0) is 4.79 Å². The smallest absolute Gasteiger partial charge is 0.253 e. The standard InChI is InChI=1S/C14H14Cl2NO2/c1-9(11-3-2-4-12(15)13(11)16)14(19)17-7-5-10(18)6-8-17/h2-3,10,18H,1,5-8H2. The van der Waals surface area contributed by atoms with Crippen LogP contribution in [0.15, 0.2) is 18.7 Å². The number of hydrogen-bond acceptors (Lipinski definition) is 2. The summed E-state index contributed by atoms with van der Waals surface area (Å²) >= 11 is 11.9. The summed E-state index contributed by atoms with van der Waals surface area (Å²) < 4.78 is 0. The van der Waals surface area contributed by atoms with Crippen LogP contribution in [0.25, 0.3) is 5.57 Å². The summed E-state index contributed by atoms with van der Waals surface area (Å²) in [6, 6.07) is 6.04. The number of halogens is 2. The van der Waals surface area contributed by atoms with E-state index in [0.29, 0.717) is 42.1 Å². The maximum Gasteiger partial charge on any atom is 0.253 e. The minimum atomic E-state index is -0.318. The van der Waals surface area contributed by atoms with Gasteiger partial charge in [-0.05, 0) is 12.8 Å². The second kappa shape index (κ2) is 5.95. The average molecular weight is 299 g/mol. The number of carbonyl (C=O) groups excluding carboxylic acids is 1. The van der Waals surface area contributed by atoms with Gasteiger partial charge in [0.1, 0.15) is 0 Å². The molecule has 1 fully saturated rings. The van der Waals surface area contributed by atoms with Gasteiger partial charge in [-0.2, -0.15) is 0 Å². The maximum atomic E-state index is 12.3. The van der Waals surface area contributed by atoms with Crippen molar-refractivity contribution in [2.45, 2.75) is 18.9 Å². The maximum absolute atomic E-state index is 12.3. The molecule has 0 bridgehead atoms. The third kappa shape index (κ3) is 3.11. The topological polar surface area (TPSA) is 40.5 Å². The number of carbonyl (C=O) groups is 1. The third-order valence-corrected chi connectivity index (χ3v) is 4.01. The van der Waals surface area contributed by atoms with Gasteiger partial charge in [-0.15, -0.1) is 0 Å². The van der Waals surface area contributed by atoms with Gasteiger partial charge in [0.25, 0.3) is 5.91 Å². The third-order valence-electron chi connectivity index (χ3n) is 3.22. The molecule has 0 atom stereocenters. The summed E-state index contributed by atoms with van der Waals surface area (Å²) in [4.78, 5) is 14.0. The van der Waals surface area contributed by atoms with Crippen LogP contribution in [0.2, 0.25) is 10.0 Å². The molecule has 1 heterocycles. The lowest BCUT2D eigenvalue weighted by atomic mass is 10.0. The van der Waals surface area contributed by atoms with Crippen LogP contribution in [0.4, 0.5) is 0 Å². The number of piperidine rings is 1. The molecule has 101 valence electrons. The average Bonchev–Trinajstić information content (AvgIpc) is 2.41. The highest BCUT2D eigenvalue weighted by atomic mass is 35.5. The minimum absolute atomic E-state index is 0.170. The van der Waals surface area contributed by atoms with Gasteiger partial charge in [-0.25, -0.2) is 0 Å². The van der Waals surface area contributed by atoms with E-state index in [-0.39, 0.29) is 17.0 Å². The Labute approximate surface area is 122 Å². The lowest BCUT2D eigenvalue weighted by Gasteiger charge is -2.30. The van der Waals surface area contributed by atoms with E-state index in [0.717, 1.165) is 0 Å². The predicted octanol–water partition coefficient (Wildman–Crippen LogP) is 2.79. The second-order valence-electron chi connectivity index (χ2n) is 4.52. The largest absolute Gasteiger partial charge is 0.393 e. The molecule has 2 rings (SSSR count). The number of nitrogens with zero attached hydrogens (tertiary/aromatic N) is 1. The van der Waals surface area contributed by atoms with E-state index in [1.54, 1.807) is 17.0 Å². The molecule has 0 unspecified atom stereocenters. The summed E-state index contributed by atoms with van der Waals surface area (Å²) in [5.41, 5.74) is 0.846. The van der Waals surface area contributed by atoms with Crippen molar-refractivity contribution in [3.05, 3.63) is 40.4 Å². The lowest BCUT2D eigenvalue weighted by Crippen LogP contribution is -2.40. The van der Waals surface area contributed by atoms with Crippen molar-refractivity contribution in [3.63, 3.8) is 0 Å². The lowest BCUT2D eigenvalue weighted by molar-refractivity contribution is -0.126. The van der Waals surface area contributed by atoms with E-state index in [1.807, 2.05) is 0 Å². The Morgan fingerprint density at radius 3 is 2.68 bits per heavy atom. The molecule has 0 saturated carbocycles. The summed E-state index contributed by atoms with van der Waals surface area (Å²) in [6.07, 6.45) is 0.869. The van der Waals surface area contributed by atoms with Crippen molar-refractivity contribution >= 4 is 34.7 Å². The number of aliphatic hydroxyl groups excluding tert-OH is 1. The first-order valence-corrected chi connectivity index (χ1v) is 6.78. The van der Waals surface area contributed by atoms with Gasteiger partial charge in [-0.1, -0.05) is 41.9 Å². The number of likely N-dealkylation sites (tertiary alicyclic amines) is 1. The molecule has 1 aliphatic heterocycles. The Balaban J connectivity index is 2.15. The molecule has 1 aliphatic rings. The summed E-state index contributed by atoms with van der Waals surface area (Å²) in [5, 5.41) is 10.0. The molecular formula is C14H14Cl2NO2. The zero-order valence-corrected chi connectivity index (χ0v) is 11.8. The SMILES string of the molecule is C=C(C(=O)N1CCC(O)CC1)c1cc[c]c(Cl)c1Cl. The number of aliphatic hydroxyl groups is 1. The molecule has 1 radical (unpaired) electrons. The van der Waals surface area contributed by atoms with Gasteiger partial charge in [0.2, 0.25) is 0 Å². The van der Waals surface area contributed by atoms with E-state index >= 15 is 0 Å². The van der Waals surface area contributed by atoms with Crippen LogP contribution in [-0.4, -0.2) is 35.1 Å². The van der Waals surface area contributed by atoms with Gasteiger partial charge < -0.3 is 10.0 Å². The van der Waals surface area contributed by atoms with Gasteiger partial charge in [0.15, 0.2) is 0 Å². The summed E-state index contributed by atoms with van der Waals surface area (Å²) in [7, 11) is 0. The van der Waals surface area contributed by atoms with Crippen molar-refractivity contribution in [1.82, 2.24) is 4.90 Å². The first-order valence-electron chi connectivity index (χ1n) is 6.03. The molecule has 3 nitrogen and oxygen atoms in total. The van der Waals surface area contributed by atoms with Crippen LogP contribution < -0.4 is 0 Å². The number of amides is 1. The molecule has 0 aliphatic carbocycles. The fraction of sp³-hybridized carbons (Fsp3) is 0.357. The first-order chi connectivity index (χ1) is 9.00. The van der Waals surface area contributed by atoms with Crippen molar-refractivity contribution in [1.29, 1.82) is 0 Å². The molecule has 0 aromatic heterocycles. The molecule has 1 N–H and O–H groups in total. The van der Waals surface area contributed by atoms with Crippen molar-refractivity contribution in [3.8, 4) is 0 Å². The predicted molar refractivity (Wildman–Crippen MR) is 76.2 cm³/mol. The van der Waals surface area contributed by atoms with Gasteiger partial charge in [0.05, 0.1) is 16.1 Å². The van der Waals surface area contributed by atoms with Crippen LogP contribution in [0.5, 0.6) is 0 Å². The van der Waals surface area contributed by atoms with E-state index in [1.165, 1.54) is 0 Å². The molecule has 1 amide bonds. The zero-order valence-electron chi connectivity index (χ0n) is 10.3. The van der Waals surface area contributed by atoms with Gasteiger partial charge in [0, 0.05) is 30.3 Å². The zero-order chi connectivity index (χ0) is 14.0. The monoisotopic (exact) mass is 298 g/mol. The number of hydrogen-bond donors (Lipinski definition) is 1. The Bertz CT molecular complexity index is 508. The molecule has 1 saturated heterocycles. The Kier molecular flexibility index (Phi) is 4.50. The molecule has 0 spiro atoms. The van der Waals surface area contributed by atoms with Crippen LogP contribution >= 0.6 is 23.2 Å². The van der Waals surface area contributed by atoms with E-state index in [2.05, 4.69) is 12.6 Å². The molecule has 1 aromatic rings. The second-order valence-corrected chi connectivity index (χ2v) is 5.28. The fourth-order valence-corrected chi connectivity index (χ4v) is 2.46. The quantitative estimate of drug-likeness (QED) is 0.853. The van der Waals surface area contributed by atoms with Crippen molar-refractivity contribution in [2.75, 3.05) is 13.1 Å². The minimum Gasteiger partial charge on any atom is -0.393 e. The first kappa shape index (κ1) is 14.4. The van der Waals surface area contributed by atoms with Gasteiger partial charge >= 0.3 is 0 Å². The molecular weight excluding hydrogens is 285 g/mol. The highest BCUT2D eigenvalue weighted by Gasteiger charge is 2.24. The summed E-state index contributed by atoms with van der Waals surface area (Å²) in [6.45, 7) is 4.87. The van der Waals surface area contributed by atoms with Crippen LogP contribution in [0.3, 0.4) is 0 Å². The highest BCUT2D eigenvalue weighted by molar-refractivity contribution is 6.44. The van der Waals surface area contributed by atoms with E-state index in [9.17, 15) is 9.90 Å².